The number of hydrogen-bond donors (Lipinski definition) is 2. The fraction of sp³-hybridized carbons (Fsp3) is 0.250. The molecular weight excluding hydrogens is 440 g/mol. The number of hydrogen-bond acceptors (Lipinski definition) is 2. The van der Waals surface area contributed by atoms with Gasteiger partial charge in [0.2, 0.25) is 0 Å². The number of aliphatic imine (C=N–C) groups is 2. The van der Waals surface area contributed by atoms with Crippen LogP contribution in [0.15, 0.2) is 94.9 Å². The lowest BCUT2D eigenvalue weighted by atomic mass is 9.91. The molecule has 0 atom stereocenters. The highest BCUT2D eigenvalue weighted by molar-refractivity contribution is 6.07. The van der Waals surface area contributed by atoms with Crippen molar-refractivity contribution in [3.8, 4) is 22.3 Å². The molecule has 4 rings (SSSR count). The third-order valence-electron chi connectivity index (χ3n) is 6.16. The zero-order valence-electron chi connectivity index (χ0n) is 21.8. The number of nitrogens with one attached hydrogen (secondary N) is 2. The summed E-state index contributed by atoms with van der Waals surface area (Å²) in [5, 5.41) is 9.27. The van der Waals surface area contributed by atoms with Crippen molar-refractivity contribution in [3.05, 3.63) is 96.1 Å². The number of nitrogens with zero attached hydrogens (tertiary/aromatic N) is 2. The van der Waals surface area contributed by atoms with Crippen molar-refractivity contribution < 1.29 is 0 Å². The third-order valence-corrected chi connectivity index (χ3v) is 6.16. The van der Waals surface area contributed by atoms with Gasteiger partial charge in [-0.3, -0.25) is 9.98 Å². The SMILES string of the molecule is CCN=C(NCC)c1ccc(-c2cccc3cccc(-c4ccc(C(=NCC)NCC)cc4)c23)cc1. The molecule has 0 radical (unpaired) electrons. The molecule has 0 aliphatic rings. The minimum Gasteiger partial charge on any atom is -0.370 e. The first-order valence-electron chi connectivity index (χ1n) is 13.0. The molecule has 0 unspecified atom stereocenters. The van der Waals surface area contributed by atoms with Crippen LogP contribution in [0.1, 0.15) is 38.8 Å². The molecule has 0 aromatic heterocycles. The van der Waals surface area contributed by atoms with Crippen LogP contribution in [0.2, 0.25) is 0 Å². The van der Waals surface area contributed by atoms with Gasteiger partial charge < -0.3 is 10.6 Å². The van der Waals surface area contributed by atoms with E-state index in [1.165, 1.54) is 33.0 Å². The van der Waals surface area contributed by atoms with Crippen molar-refractivity contribution in [3.63, 3.8) is 0 Å². The number of rotatable bonds is 8. The first-order valence-corrected chi connectivity index (χ1v) is 13.0. The summed E-state index contributed by atoms with van der Waals surface area (Å²) in [6, 6.07) is 30.6. The highest BCUT2D eigenvalue weighted by atomic mass is 15.0. The molecule has 0 saturated carbocycles. The Bertz CT molecular complexity index is 1250. The van der Waals surface area contributed by atoms with Gasteiger partial charge in [-0.05, 0) is 60.7 Å². The van der Waals surface area contributed by atoms with Crippen molar-refractivity contribution in [2.45, 2.75) is 27.7 Å². The molecular formula is C32H36N4. The smallest absolute Gasteiger partial charge is 0.128 e. The molecule has 4 nitrogen and oxygen atoms in total. The van der Waals surface area contributed by atoms with E-state index in [2.05, 4.69) is 133 Å². The second-order valence-electron chi connectivity index (χ2n) is 8.57. The highest BCUT2D eigenvalue weighted by Crippen LogP contribution is 2.36. The number of benzene rings is 4. The summed E-state index contributed by atoms with van der Waals surface area (Å²) in [6.45, 7) is 11.6. The van der Waals surface area contributed by atoms with E-state index in [4.69, 9.17) is 0 Å². The van der Waals surface area contributed by atoms with Gasteiger partial charge in [0, 0.05) is 37.3 Å². The van der Waals surface area contributed by atoms with Gasteiger partial charge in [0.05, 0.1) is 0 Å². The predicted molar refractivity (Wildman–Crippen MR) is 156 cm³/mol. The van der Waals surface area contributed by atoms with Crippen LogP contribution in [-0.4, -0.2) is 37.9 Å². The van der Waals surface area contributed by atoms with Crippen LogP contribution >= 0.6 is 0 Å². The van der Waals surface area contributed by atoms with Crippen molar-refractivity contribution in [2.75, 3.05) is 26.2 Å². The summed E-state index contributed by atoms with van der Waals surface area (Å²) >= 11 is 0. The minimum atomic E-state index is 0.760. The van der Waals surface area contributed by atoms with Crippen LogP contribution in [0.3, 0.4) is 0 Å². The van der Waals surface area contributed by atoms with Gasteiger partial charge in [0.25, 0.3) is 0 Å². The Morgan fingerprint density at radius 3 is 1.33 bits per heavy atom. The molecule has 4 aromatic carbocycles. The van der Waals surface area contributed by atoms with Crippen molar-refractivity contribution in [1.29, 1.82) is 0 Å². The molecule has 0 bridgehead atoms. The molecule has 0 amide bonds. The Morgan fingerprint density at radius 2 is 0.972 bits per heavy atom. The Morgan fingerprint density at radius 1 is 0.556 bits per heavy atom. The fourth-order valence-electron chi connectivity index (χ4n) is 4.59. The van der Waals surface area contributed by atoms with E-state index in [1.54, 1.807) is 0 Å². The second-order valence-corrected chi connectivity index (χ2v) is 8.57. The van der Waals surface area contributed by atoms with Gasteiger partial charge in [0.15, 0.2) is 0 Å². The van der Waals surface area contributed by atoms with E-state index >= 15 is 0 Å². The lowest BCUT2D eigenvalue weighted by Gasteiger charge is -2.14. The van der Waals surface area contributed by atoms with Gasteiger partial charge >= 0.3 is 0 Å². The summed E-state index contributed by atoms with van der Waals surface area (Å²) in [5.74, 6) is 1.91. The molecule has 4 heteroatoms. The zero-order valence-corrected chi connectivity index (χ0v) is 21.8. The summed E-state index contributed by atoms with van der Waals surface area (Å²) in [4.78, 5) is 9.25. The van der Waals surface area contributed by atoms with Crippen LogP contribution in [0, 0.1) is 0 Å². The molecule has 184 valence electrons. The van der Waals surface area contributed by atoms with Crippen LogP contribution in [-0.2, 0) is 0 Å². The van der Waals surface area contributed by atoms with E-state index in [9.17, 15) is 0 Å². The molecule has 36 heavy (non-hydrogen) atoms. The Balaban J connectivity index is 1.77. The summed E-state index contributed by atoms with van der Waals surface area (Å²) < 4.78 is 0. The summed E-state index contributed by atoms with van der Waals surface area (Å²) in [7, 11) is 0. The van der Waals surface area contributed by atoms with Gasteiger partial charge in [-0.1, -0.05) is 84.9 Å². The Labute approximate surface area is 215 Å². The third kappa shape index (κ3) is 5.49. The van der Waals surface area contributed by atoms with Crippen LogP contribution in [0.4, 0.5) is 0 Å². The zero-order chi connectivity index (χ0) is 25.3. The second kappa shape index (κ2) is 12.2. The van der Waals surface area contributed by atoms with Crippen LogP contribution in [0.5, 0.6) is 0 Å². The van der Waals surface area contributed by atoms with Crippen molar-refractivity contribution >= 4 is 22.4 Å². The molecule has 0 heterocycles. The molecule has 0 aliphatic heterocycles. The van der Waals surface area contributed by atoms with Gasteiger partial charge in [-0.2, -0.15) is 0 Å². The van der Waals surface area contributed by atoms with E-state index < -0.39 is 0 Å². The number of fused-ring (bicyclic) bond motifs is 1. The largest absolute Gasteiger partial charge is 0.370 e. The maximum absolute atomic E-state index is 4.63. The number of amidine groups is 2. The molecule has 0 fully saturated rings. The van der Waals surface area contributed by atoms with Crippen LogP contribution in [0.25, 0.3) is 33.0 Å². The topological polar surface area (TPSA) is 48.8 Å². The molecule has 2 N–H and O–H groups in total. The van der Waals surface area contributed by atoms with E-state index in [1.807, 2.05) is 0 Å². The highest BCUT2D eigenvalue weighted by Gasteiger charge is 2.12. The average molecular weight is 477 g/mol. The van der Waals surface area contributed by atoms with Gasteiger partial charge in [-0.25, -0.2) is 0 Å². The molecule has 0 saturated heterocycles. The molecule has 4 aromatic rings. The van der Waals surface area contributed by atoms with Crippen LogP contribution < -0.4 is 10.6 Å². The fourth-order valence-corrected chi connectivity index (χ4v) is 4.59. The monoisotopic (exact) mass is 476 g/mol. The predicted octanol–water partition coefficient (Wildman–Crippen LogP) is 6.93. The first kappa shape index (κ1) is 25.2. The van der Waals surface area contributed by atoms with Gasteiger partial charge in [-0.15, -0.1) is 0 Å². The first-order chi connectivity index (χ1) is 17.7. The van der Waals surface area contributed by atoms with E-state index in [0.29, 0.717) is 0 Å². The Kier molecular flexibility index (Phi) is 8.51. The summed E-state index contributed by atoms with van der Waals surface area (Å²) in [6.07, 6.45) is 0. The molecule has 0 aliphatic carbocycles. The molecule has 0 spiro atoms. The quantitative estimate of drug-likeness (QED) is 0.214. The normalized spacial score (nSPS) is 12.1. The van der Waals surface area contributed by atoms with Gasteiger partial charge in [0.1, 0.15) is 11.7 Å². The maximum atomic E-state index is 4.63. The van der Waals surface area contributed by atoms with Crippen molar-refractivity contribution in [1.82, 2.24) is 10.6 Å². The maximum Gasteiger partial charge on any atom is 0.128 e. The van der Waals surface area contributed by atoms with E-state index in [-0.39, 0.29) is 0 Å². The average Bonchev–Trinajstić information content (AvgIpc) is 2.92. The standard InChI is InChI=1S/C32H36N4/c1-5-33-31(34-6-2)26-19-15-23(16-20-26)28-13-9-11-25-12-10-14-29(30(25)28)24-17-21-27(22-18-24)32(35-7-3)36-8-4/h9-22H,5-8H2,1-4H3,(H,33,34)(H,35,36). The lowest BCUT2D eigenvalue weighted by molar-refractivity contribution is 0.948. The lowest BCUT2D eigenvalue weighted by Crippen LogP contribution is -2.24. The minimum absolute atomic E-state index is 0.760. The van der Waals surface area contributed by atoms with Crippen molar-refractivity contribution in [2.24, 2.45) is 9.98 Å². The van der Waals surface area contributed by atoms with E-state index in [0.717, 1.165) is 49.0 Å². The Hall–Kier alpha value is -3.92. The summed E-state index contributed by atoms with van der Waals surface area (Å²) in [5.41, 5.74) is 7.09.